The van der Waals surface area contributed by atoms with E-state index in [1.54, 1.807) is 15.8 Å². The van der Waals surface area contributed by atoms with Crippen LogP contribution in [0.4, 0.5) is 5.69 Å². The number of piperazine rings is 1. The van der Waals surface area contributed by atoms with E-state index in [1.165, 1.54) is 0 Å². The van der Waals surface area contributed by atoms with Crippen molar-refractivity contribution in [3.05, 3.63) is 47.8 Å². The normalized spacial score (nSPS) is 15.1. The number of amides is 1. The van der Waals surface area contributed by atoms with Crippen molar-refractivity contribution in [2.24, 2.45) is 12.0 Å². The van der Waals surface area contributed by atoms with Crippen LogP contribution in [0.5, 0.6) is 0 Å². The molecule has 1 aromatic carbocycles. The van der Waals surface area contributed by atoms with E-state index in [4.69, 9.17) is 9.73 Å². The molecule has 2 heterocycles. The van der Waals surface area contributed by atoms with Crippen molar-refractivity contribution in [1.29, 1.82) is 0 Å². The zero-order valence-electron chi connectivity index (χ0n) is 17.5. The Balaban J connectivity index is 1.69. The van der Waals surface area contributed by atoms with Gasteiger partial charge in [0.1, 0.15) is 6.54 Å². The average Bonchev–Trinajstić information content (AvgIpc) is 3.16. The van der Waals surface area contributed by atoms with Gasteiger partial charge < -0.3 is 19.9 Å². The van der Waals surface area contributed by atoms with Gasteiger partial charge in [-0.25, -0.2) is 4.99 Å². The Morgan fingerprint density at radius 1 is 1.24 bits per heavy atom. The first-order valence-corrected chi connectivity index (χ1v) is 10.1. The number of hydrogen-bond acceptors (Lipinski definition) is 4. The van der Waals surface area contributed by atoms with Gasteiger partial charge in [0.25, 0.3) is 0 Å². The number of hydrogen-bond donors (Lipinski definition) is 1. The Kier molecular flexibility index (Phi) is 7.24. The molecule has 0 atom stereocenters. The quantitative estimate of drug-likeness (QED) is 0.568. The van der Waals surface area contributed by atoms with Gasteiger partial charge in [0, 0.05) is 39.5 Å². The Morgan fingerprint density at radius 2 is 2.03 bits per heavy atom. The zero-order valence-corrected chi connectivity index (χ0v) is 17.5. The number of guanidine groups is 1. The van der Waals surface area contributed by atoms with E-state index in [-0.39, 0.29) is 5.91 Å². The lowest BCUT2D eigenvalue weighted by Crippen LogP contribution is -2.55. The number of anilines is 1. The van der Waals surface area contributed by atoms with Gasteiger partial charge in [0.05, 0.1) is 25.0 Å². The van der Waals surface area contributed by atoms with Crippen molar-refractivity contribution in [1.82, 2.24) is 20.0 Å². The lowest BCUT2D eigenvalue weighted by atomic mass is 10.1. The van der Waals surface area contributed by atoms with E-state index in [1.807, 2.05) is 44.1 Å². The number of aromatic nitrogens is 2. The molecule has 0 aliphatic carbocycles. The number of carbonyl (C=O) groups is 1. The van der Waals surface area contributed by atoms with Crippen molar-refractivity contribution >= 4 is 17.6 Å². The number of benzene rings is 1. The van der Waals surface area contributed by atoms with Gasteiger partial charge >= 0.3 is 0 Å². The number of rotatable bonds is 7. The Bertz CT molecular complexity index is 847. The maximum absolute atomic E-state index is 12.7. The first-order valence-electron chi connectivity index (χ1n) is 10.1. The van der Waals surface area contributed by atoms with Crippen molar-refractivity contribution in [3.8, 4) is 0 Å². The molecule has 1 fully saturated rings. The van der Waals surface area contributed by atoms with Crippen LogP contribution < -0.4 is 10.2 Å². The van der Waals surface area contributed by atoms with Crippen molar-refractivity contribution in [2.45, 2.75) is 27.0 Å². The second-order valence-corrected chi connectivity index (χ2v) is 6.92. The van der Waals surface area contributed by atoms with Crippen LogP contribution in [-0.4, -0.2) is 59.3 Å². The maximum atomic E-state index is 12.7. The summed E-state index contributed by atoms with van der Waals surface area (Å²) in [5.41, 5.74) is 3.12. The number of nitrogens with zero attached hydrogens (tertiary/aromatic N) is 5. The molecule has 1 aliphatic heterocycles. The predicted molar refractivity (Wildman–Crippen MR) is 114 cm³/mol. The van der Waals surface area contributed by atoms with Gasteiger partial charge in [0.15, 0.2) is 5.96 Å². The molecule has 0 unspecified atom stereocenters. The van der Waals surface area contributed by atoms with Crippen molar-refractivity contribution in [3.63, 3.8) is 0 Å². The maximum Gasteiger partial charge on any atom is 0.246 e. The molecular formula is C21H30N6O2. The minimum absolute atomic E-state index is 0.0478. The van der Waals surface area contributed by atoms with Crippen LogP contribution in [0.3, 0.4) is 0 Å². The number of aliphatic imine (C=N–C) groups is 1. The number of ether oxygens (including phenoxy) is 1. The summed E-state index contributed by atoms with van der Waals surface area (Å²) in [5, 5.41) is 7.49. The zero-order chi connectivity index (χ0) is 20.6. The van der Waals surface area contributed by atoms with Crippen LogP contribution in [0.25, 0.3) is 0 Å². The van der Waals surface area contributed by atoms with Crippen LogP contribution >= 0.6 is 0 Å². The van der Waals surface area contributed by atoms with Crippen LogP contribution in [0.15, 0.2) is 41.7 Å². The molecule has 8 nitrogen and oxygen atoms in total. The first kappa shape index (κ1) is 20.9. The van der Waals surface area contributed by atoms with Crippen LogP contribution in [0.1, 0.15) is 25.0 Å². The molecule has 3 rings (SSSR count). The van der Waals surface area contributed by atoms with E-state index in [9.17, 15) is 4.79 Å². The topological polar surface area (TPSA) is 75.0 Å². The molecule has 29 heavy (non-hydrogen) atoms. The van der Waals surface area contributed by atoms with E-state index in [2.05, 4.69) is 22.5 Å². The fourth-order valence-corrected chi connectivity index (χ4v) is 3.33. The lowest BCUT2D eigenvalue weighted by molar-refractivity contribution is -0.120. The molecule has 1 amide bonds. The summed E-state index contributed by atoms with van der Waals surface area (Å²) < 4.78 is 7.28. The monoisotopic (exact) mass is 398 g/mol. The fraction of sp³-hybridized carbons (Fsp3) is 0.476. The van der Waals surface area contributed by atoms with Gasteiger partial charge in [-0.05, 0) is 25.0 Å². The second-order valence-electron chi connectivity index (χ2n) is 6.92. The van der Waals surface area contributed by atoms with Crippen molar-refractivity contribution < 1.29 is 9.53 Å². The van der Waals surface area contributed by atoms with Crippen molar-refractivity contribution in [2.75, 3.05) is 37.7 Å². The summed E-state index contributed by atoms with van der Waals surface area (Å²) >= 11 is 0. The number of carbonyl (C=O) groups excluding carboxylic acids is 1. The highest BCUT2D eigenvalue weighted by Gasteiger charge is 2.27. The number of aryl methyl sites for hydroxylation is 1. The molecule has 1 N–H and O–H groups in total. The minimum atomic E-state index is 0.0478. The standard InChI is InChI=1S/C21H30N6O2/c1-4-22-21(23-12-17-8-6-7-9-18(17)16-29-5-2)26-10-11-27(20(28)15-26)19-13-24-25(3)14-19/h6-9,13-14H,4-5,10-12,15-16H2,1-3H3,(H,22,23). The Labute approximate surface area is 172 Å². The van der Waals surface area contributed by atoms with Crippen LogP contribution in [0.2, 0.25) is 0 Å². The highest BCUT2D eigenvalue weighted by Crippen LogP contribution is 2.17. The number of nitrogens with one attached hydrogen (secondary N) is 1. The molecule has 8 heteroatoms. The van der Waals surface area contributed by atoms with Crippen LogP contribution in [0, 0.1) is 0 Å². The third-order valence-electron chi connectivity index (χ3n) is 4.84. The van der Waals surface area contributed by atoms with E-state index >= 15 is 0 Å². The Hall–Kier alpha value is -2.87. The third-order valence-corrected chi connectivity index (χ3v) is 4.84. The summed E-state index contributed by atoms with van der Waals surface area (Å²) in [7, 11) is 1.85. The SMILES string of the molecule is CCNC(=NCc1ccccc1COCC)N1CCN(c2cnn(C)c2)C(=O)C1. The molecule has 0 spiro atoms. The van der Waals surface area contributed by atoms with E-state index < -0.39 is 0 Å². The molecule has 0 bridgehead atoms. The Morgan fingerprint density at radius 3 is 2.69 bits per heavy atom. The smallest absolute Gasteiger partial charge is 0.246 e. The molecule has 156 valence electrons. The summed E-state index contributed by atoms with van der Waals surface area (Å²) in [6.45, 7) is 8.20. The van der Waals surface area contributed by atoms with E-state index in [0.717, 1.165) is 29.3 Å². The first-order chi connectivity index (χ1) is 14.1. The molecule has 1 aliphatic rings. The van der Waals surface area contributed by atoms with E-state index in [0.29, 0.717) is 39.4 Å². The third kappa shape index (κ3) is 5.35. The summed E-state index contributed by atoms with van der Waals surface area (Å²) in [6.07, 6.45) is 3.59. The lowest BCUT2D eigenvalue weighted by Gasteiger charge is -2.35. The fourth-order valence-electron chi connectivity index (χ4n) is 3.33. The van der Waals surface area contributed by atoms with Gasteiger partial charge in [-0.1, -0.05) is 24.3 Å². The highest BCUT2D eigenvalue weighted by atomic mass is 16.5. The summed E-state index contributed by atoms with van der Waals surface area (Å²) in [6, 6.07) is 8.18. The van der Waals surface area contributed by atoms with Gasteiger partial charge in [-0.3, -0.25) is 9.48 Å². The summed E-state index contributed by atoms with van der Waals surface area (Å²) in [5.74, 6) is 0.810. The molecule has 1 saturated heterocycles. The minimum Gasteiger partial charge on any atom is -0.377 e. The molecular weight excluding hydrogens is 368 g/mol. The van der Waals surface area contributed by atoms with Gasteiger partial charge in [-0.2, -0.15) is 5.10 Å². The molecule has 1 aromatic heterocycles. The summed E-state index contributed by atoms with van der Waals surface area (Å²) in [4.78, 5) is 21.3. The molecule has 0 saturated carbocycles. The molecule has 0 radical (unpaired) electrons. The predicted octanol–water partition coefficient (Wildman–Crippen LogP) is 1.77. The van der Waals surface area contributed by atoms with Crippen LogP contribution in [-0.2, 0) is 29.7 Å². The molecule has 2 aromatic rings. The second kappa shape index (κ2) is 10.1. The largest absolute Gasteiger partial charge is 0.377 e. The average molecular weight is 399 g/mol. The highest BCUT2D eigenvalue weighted by molar-refractivity contribution is 5.98. The van der Waals surface area contributed by atoms with Gasteiger partial charge in [-0.15, -0.1) is 0 Å². The van der Waals surface area contributed by atoms with Gasteiger partial charge in [0.2, 0.25) is 5.91 Å².